The molecule has 0 unspecified atom stereocenters. The number of nitrogens with one attached hydrogen (secondary N) is 3. The average Bonchev–Trinajstić information content (AvgIpc) is 1.65. The van der Waals surface area contributed by atoms with Gasteiger partial charge in [0.25, 0.3) is 0 Å². The Morgan fingerprint density at radius 3 is 1.28 bits per heavy atom. The number of ether oxygens (including phenoxy) is 4. The molecule has 2 amide bonds. The van der Waals surface area contributed by atoms with Crippen LogP contribution in [0.4, 0.5) is 79.7 Å². The van der Waals surface area contributed by atoms with Gasteiger partial charge in [0.05, 0.1) is 139 Å². The first kappa shape index (κ1) is 113. The summed E-state index contributed by atoms with van der Waals surface area (Å²) in [5.74, 6) is 1.13. The molecule has 0 bridgehead atoms. The summed E-state index contributed by atoms with van der Waals surface area (Å²) in [6.45, 7) is 20.4. The van der Waals surface area contributed by atoms with E-state index >= 15 is 0 Å². The molecule has 3 fully saturated rings. The summed E-state index contributed by atoms with van der Waals surface area (Å²) in [6.07, 6.45) is 12.2. The third-order valence-corrected chi connectivity index (χ3v) is 18.0. The summed E-state index contributed by atoms with van der Waals surface area (Å²) in [7, 11) is 6.34. The van der Waals surface area contributed by atoms with E-state index in [2.05, 4.69) is 126 Å². The monoisotopic (exact) mass is 2050 g/mol. The first-order valence-corrected chi connectivity index (χ1v) is 42.3. The fourth-order valence-electron chi connectivity index (χ4n) is 11.1. The summed E-state index contributed by atoms with van der Waals surface area (Å²) < 4.78 is 179. The van der Waals surface area contributed by atoms with Crippen LogP contribution in [-0.2, 0) is 43.7 Å². The number of likely N-dealkylation sites (tertiary alicyclic amines) is 2. The molecule has 3 aliphatic rings. The average molecular weight is 2050 g/mol. The summed E-state index contributed by atoms with van der Waals surface area (Å²) in [5.41, 5.74) is 11.0. The van der Waals surface area contributed by atoms with Crippen LogP contribution in [0.5, 0.6) is 0 Å². The predicted molar refractivity (Wildman–Crippen MR) is 490 cm³/mol. The summed E-state index contributed by atoms with van der Waals surface area (Å²) in [6, 6.07) is 9.28. The van der Waals surface area contributed by atoms with Crippen molar-refractivity contribution in [2.45, 2.75) is 129 Å². The number of thiol groups is 1. The number of pyridine rings is 4. The summed E-state index contributed by atoms with van der Waals surface area (Å²) in [4.78, 5) is 84.6. The molecular weight excluding hydrogens is 1960 g/mol. The number of aliphatic hydroxyl groups excluding tert-OH is 2. The van der Waals surface area contributed by atoms with E-state index in [0.717, 1.165) is 102 Å². The molecule has 3 saturated heterocycles. The molecule has 15 heterocycles. The second-order valence-electron chi connectivity index (χ2n) is 29.0. The van der Waals surface area contributed by atoms with Crippen molar-refractivity contribution in [3.05, 3.63) is 220 Å². The van der Waals surface area contributed by atoms with Crippen LogP contribution in [0.15, 0.2) is 176 Å². The van der Waals surface area contributed by atoms with Crippen molar-refractivity contribution >= 4 is 135 Å². The van der Waals surface area contributed by atoms with E-state index in [-0.39, 0.29) is 51.6 Å². The van der Waals surface area contributed by atoms with Gasteiger partial charge in [0, 0.05) is 107 Å². The third kappa shape index (κ3) is 38.8. The number of amides is 2. The zero-order valence-corrected chi connectivity index (χ0v) is 78.7. The van der Waals surface area contributed by atoms with E-state index in [1.807, 2.05) is 55.4 Å². The number of nitrogen functional groups attached to an aromatic ring is 1. The van der Waals surface area contributed by atoms with E-state index < -0.39 is 58.2 Å². The number of imidazole rings is 3. The number of nitrogens with zero attached hydrogens (tertiary/aromatic N) is 20. The Labute approximate surface area is 796 Å². The fourth-order valence-corrected chi connectivity index (χ4v) is 11.8. The van der Waals surface area contributed by atoms with Crippen LogP contribution in [0, 0.1) is 0 Å². The molecule has 12 aromatic heterocycles. The Hall–Kier alpha value is -11.5. The van der Waals surface area contributed by atoms with Crippen LogP contribution in [-0.4, -0.2) is 219 Å². The summed E-state index contributed by atoms with van der Waals surface area (Å²) >= 11 is 28.4. The third-order valence-electron chi connectivity index (χ3n) is 16.8. The molecule has 134 heavy (non-hydrogen) atoms. The first-order valence-electron chi connectivity index (χ1n) is 39.5. The maximum absolute atomic E-state index is 13.1. The molecule has 3 aliphatic heterocycles. The molecule has 0 saturated carbocycles. The number of halogens is 17. The van der Waals surface area contributed by atoms with E-state index in [0.29, 0.717) is 112 Å². The SMILES string of the molecule is CC(C)(C)OC(=O)N1CC[C@@H](N)C1.CC(C)(C)OC(=O)N1CC[C@@H](Nc2cncc(-c3cnc4ccc(C(F)(F)F)cn34)n2)C1.CCO/C=C\Br.CCO/C=C\c1cncc(Cl)n1.CO.CO.Clc1nccnc1Cl.FC(F)(F)c1ccc2ncc(-c3cncc(Cl)n3)n2c1.FC(F)(F)c1ccc2ncc(-c3cncc(N[C@@H]4CCNC4)n3)n2c1.Nc1ccc(C(F)(F)F)cn1.[B]=NS. The topological polar surface area (TPSA) is 412 Å². The van der Waals surface area contributed by atoms with Crippen LogP contribution < -0.4 is 27.4 Å². The molecule has 723 valence electrons. The van der Waals surface area contributed by atoms with Gasteiger partial charge in [0.15, 0.2) is 10.3 Å². The van der Waals surface area contributed by atoms with Crippen molar-refractivity contribution in [3.8, 4) is 34.2 Å². The van der Waals surface area contributed by atoms with Crippen molar-refractivity contribution in [3.63, 3.8) is 0 Å². The molecule has 1 radical (unpaired) electrons. The number of fused-ring (bicyclic) bond motifs is 3. The molecule has 9 N–H and O–H groups in total. The predicted octanol–water partition coefficient (Wildman–Crippen LogP) is 18.1. The van der Waals surface area contributed by atoms with Crippen LogP contribution >= 0.6 is 75.1 Å². The number of carbonyl (C=O) groups is 2. The van der Waals surface area contributed by atoms with Crippen LogP contribution in [0.1, 0.15) is 103 Å². The van der Waals surface area contributed by atoms with Crippen LogP contribution in [0.3, 0.4) is 0 Å². The van der Waals surface area contributed by atoms with Crippen molar-refractivity contribution in [1.29, 1.82) is 0 Å². The Kier molecular flexibility index (Phi) is 46.2. The van der Waals surface area contributed by atoms with Gasteiger partial charge in [-0.2, -0.15) is 52.7 Å². The van der Waals surface area contributed by atoms with Gasteiger partial charge in [-0.25, -0.2) is 59.4 Å². The van der Waals surface area contributed by atoms with Gasteiger partial charge in [-0.1, -0.05) is 62.3 Å². The second-order valence-corrected chi connectivity index (χ2v) is 31.2. The van der Waals surface area contributed by atoms with Gasteiger partial charge in [-0.3, -0.25) is 33.1 Å². The number of alkyl halides is 12. The molecule has 0 aliphatic carbocycles. The zero-order valence-electron chi connectivity index (χ0n) is 73.1. The maximum atomic E-state index is 13.1. The molecule has 0 aromatic carbocycles. The molecule has 33 nitrogen and oxygen atoms in total. The van der Waals surface area contributed by atoms with Crippen LogP contribution in [0.25, 0.3) is 57.2 Å². The first-order chi connectivity index (χ1) is 63.3. The standard InChI is InChI=1S/C21H23F3N6O2.C16H15F3N6.C12H6ClF3N4.C9H18N2O2.C8H9ClN2O.C6H5F3N2.C4H7BrO.C4H2Cl2N2.2CH4O.BHNS/c1-20(2,3)32-19(31)29-7-6-14(12-29)27-17-10-25-8-15(28-17)16-9-26-18-5-4-13(11-30(16)18)21(22,23)24;17-16(18,19)10-1-2-15-22-7-13(25(15)9-10)12-6-21-8-14(24-12)23-11-3-4-20-5-11;13-10-5-17-3-8(19-10)9-4-18-11-2-1-7(6-20(9)11)12(14,15)16;1-9(2,3)13-8(12)11-5-4-7(10)6-11;1-2-12-4-3-7-5-10-6-8(9)11-7;7-6(8,9)4-1-2-5(10)11-3-4;1-2-6-4-3-5;5-3-4(6)8-2-1-7-3;2*1-2;1-2-3/h4-5,8-11,14H,6-7,12H2,1-3H3,(H,27,28);1-2,6-9,11,20H,3-5H2,(H,23,24);1-6H;7H,4-6,10H2,1-3H3;3-6H,2H2,1H3;1-3H,(H2,10,11);3-4H,2H2,1H3;1-2H;2*2H,1H3;3H/b;;;;4-3-;;4-3-;;;;/t14-;11-;;7-;;;;;;;/m11.1......./s1. The zero-order chi connectivity index (χ0) is 99.7. The Morgan fingerprint density at radius 2 is 0.925 bits per heavy atom. The minimum atomic E-state index is -4.46. The van der Waals surface area contributed by atoms with E-state index in [4.69, 9.17) is 87.0 Å². The number of carbonyl (C=O) groups excluding carboxylic acids is 2. The fraction of sp³-hybridized carbons (Fsp3) is 0.366. The quantitative estimate of drug-likeness (QED) is 0.0244. The van der Waals surface area contributed by atoms with Crippen molar-refractivity contribution in [2.75, 3.05) is 83.1 Å². The molecule has 0 spiro atoms. The van der Waals surface area contributed by atoms with Gasteiger partial charge in [-0.15, -0.1) is 0 Å². The van der Waals surface area contributed by atoms with Gasteiger partial charge >= 0.3 is 61.6 Å². The molecule has 12 aromatic rings. The number of hydrogen-bond donors (Lipinski definition) is 8. The summed E-state index contributed by atoms with van der Waals surface area (Å²) in [5, 5.41) is 24.8. The van der Waals surface area contributed by atoms with E-state index in [1.165, 1.54) is 99.6 Å². The number of anilines is 3. The van der Waals surface area contributed by atoms with Crippen molar-refractivity contribution < 1.29 is 91.4 Å². The number of aliphatic hydroxyl groups is 2. The molecule has 3 atom stereocenters. The minimum absolute atomic E-state index is 0.0499. The molecular formula is C82H94BBrCl4F12N25O8S. The van der Waals surface area contributed by atoms with Gasteiger partial charge in [0.2, 0.25) is 0 Å². The number of nitrogens with two attached hydrogens (primary N) is 2. The van der Waals surface area contributed by atoms with Gasteiger partial charge in [0.1, 0.15) is 73.0 Å². The van der Waals surface area contributed by atoms with E-state index in [1.54, 1.807) is 45.8 Å². The normalized spacial score (nSPS) is 14.5. The second kappa shape index (κ2) is 54.8. The van der Waals surface area contributed by atoms with E-state index in [9.17, 15) is 62.3 Å². The van der Waals surface area contributed by atoms with Crippen LogP contribution in [0.2, 0.25) is 20.6 Å². The molecule has 52 heteroatoms. The molecule has 15 rings (SSSR count). The van der Waals surface area contributed by atoms with Crippen molar-refractivity contribution in [2.24, 2.45) is 10.0 Å². The Balaban J connectivity index is 0.000000281. The Bertz CT molecular complexity index is 5670. The van der Waals surface area contributed by atoms with Gasteiger partial charge < -0.3 is 66.4 Å². The number of aromatic nitrogens is 17. The Morgan fingerprint density at radius 1 is 0.530 bits per heavy atom. The van der Waals surface area contributed by atoms with Gasteiger partial charge in [-0.05, 0) is 136 Å². The van der Waals surface area contributed by atoms with Crippen molar-refractivity contribution in [1.82, 2.24) is 98.1 Å². The number of rotatable bonds is 12. The number of hydrogen-bond acceptors (Lipinski definition) is 29.